The minimum absolute atomic E-state index is 0.103. The summed E-state index contributed by atoms with van der Waals surface area (Å²) in [5.41, 5.74) is 1.14. The van der Waals surface area contributed by atoms with Crippen LogP contribution >= 0.6 is 0 Å². The van der Waals surface area contributed by atoms with E-state index in [-0.39, 0.29) is 29.3 Å². The van der Waals surface area contributed by atoms with Crippen LogP contribution in [0.25, 0.3) is 11.3 Å². The van der Waals surface area contributed by atoms with Gasteiger partial charge >= 0.3 is 0 Å². The first-order valence-corrected chi connectivity index (χ1v) is 8.81. The summed E-state index contributed by atoms with van der Waals surface area (Å²) in [7, 11) is 0. The van der Waals surface area contributed by atoms with Crippen LogP contribution in [0.2, 0.25) is 0 Å². The summed E-state index contributed by atoms with van der Waals surface area (Å²) in [5.74, 6) is 0.720. The third-order valence-corrected chi connectivity index (χ3v) is 3.86. The van der Waals surface area contributed by atoms with Gasteiger partial charge in [-0.15, -0.1) is 0 Å². The molecule has 0 aliphatic carbocycles. The number of aromatic amines is 1. The summed E-state index contributed by atoms with van der Waals surface area (Å²) in [6.45, 7) is 5.83. The summed E-state index contributed by atoms with van der Waals surface area (Å²) in [6, 6.07) is 13.5. The molecule has 2 aromatic carbocycles. The Kier molecular flexibility index (Phi) is 5.64. The lowest BCUT2D eigenvalue weighted by atomic mass is 10.1. The van der Waals surface area contributed by atoms with Crippen molar-refractivity contribution in [2.75, 3.05) is 0 Å². The number of benzene rings is 2. The molecule has 0 radical (unpaired) electrons. The number of rotatable bonds is 7. The number of ether oxygens (including phenoxy) is 2. The molecule has 1 unspecified atom stereocenters. The smallest absolute Gasteiger partial charge is 0.280 e. The van der Waals surface area contributed by atoms with Crippen molar-refractivity contribution in [3.63, 3.8) is 0 Å². The SMILES string of the molecule is CC(C)Oc1cccc(CC(C)Oc2ccc(-c3cc(=O)[nH]o3)cc2F)c1. The van der Waals surface area contributed by atoms with E-state index in [4.69, 9.17) is 14.0 Å². The summed E-state index contributed by atoms with van der Waals surface area (Å²) >= 11 is 0. The normalized spacial score (nSPS) is 12.2. The lowest BCUT2D eigenvalue weighted by Gasteiger charge is -2.16. The van der Waals surface area contributed by atoms with Gasteiger partial charge in [0.05, 0.1) is 12.2 Å². The molecule has 0 spiro atoms. The predicted molar refractivity (Wildman–Crippen MR) is 101 cm³/mol. The lowest BCUT2D eigenvalue weighted by Crippen LogP contribution is -2.16. The number of hydrogen-bond acceptors (Lipinski definition) is 4. The van der Waals surface area contributed by atoms with Gasteiger partial charge in [-0.25, -0.2) is 4.39 Å². The Morgan fingerprint density at radius 1 is 1.07 bits per heavy atom. The summed E-state index contributed by atoms with van der Waals surface area (Å²) < 4.78 is 30.8. The largest absolute Gasteiger partial charge is 0.491 e. The molecule has 0 aliphatic rings. The third-order valence-electron chi connectivity index (χ3n) is 3.86. The van der Waals surface area contributed by atoms with Crippen molar-refractivity contribution in [3.8, 4) is 22.8 Å². The molecule has 27 heavy (non-hydrogen) atoms. The van der Waals surface area contributed by atoms with Crippen LogP contribution in [0.1, 0.15) is 26.3 Å². The molecule has 0 bridgehead atoms. The first kappa shape index (κ1) is 18.8. The molecule has 142 valence electrons. The van der Waals surface area contributed by atoms with Crippen molar-refractivity contribution in [3.05, 3.63) is 70.3 Å². The topological polar surface area (TPSA) is 64.5 Å². The first-order valence-electron chi connectivity index (χ1n) is 8.81. The quantitative estimate of drug-likeness (QED) is 0.661. The zero-order valence-corrected chi connectivity index (χ0v) is 15.5. The number of nitrogens with one attached hydrogen (secondary N) is 1. The fraction of sp³-hybridized carbons (Fsp3) is 0.286. The van der Waals surface area contributed by atoms with Gasteiger partial charge in [-0.2, -0.15) is 5.16 Å². The van der Waals surface area contributed by atoms with Crippen LogP contribution < -0.4 is 15.0 Å². The summed E-state index contributed by atoms with van der Waals surface area (Å²) in [6.07, 6.45) is 0.485. The van der Waals surface area contributed by atoms with E-state index in [2.05, 4.69) is 5.16 Å². The van der Waals surface area contributed by atoms with E-state index in [1.54, 1.807) is 6.07 Å². The minimum atomic E-state index is -0.514. The molecule has 1 heterocycles. The van der Waals surface area contributed by atoms with Gasteiger partial charge in [0.2, 0.25) is 0 Å². The van der Waals surface area contributed by atoms with E-state index in [0.29, 0.717) is 12.0 Å². The molecule has 6 heteroatoms. The Balaban J connectivity index is 1.67. The number of hydrogen-bond donors (Lipinski definition) is 1. The van der Waals surface area contributed by atoms with Crippen molar-refractivity contribution < 1.29 is 18.4 Å². The molecule has 1 aromatic heterocycles. The standard InChI is InChI=1S/C21H22FNO4/c1-13(2)25-17-6-4-5-15(10-17)9-14(3)26-19-8-7-16(11-18(19)22)20-12-21(24)23-27-20/h4-8,10-14H,9H2,1-3H3,(H,23,24). The van der Waals surface area contributed by atoms with Crippen molar-refractivity contribution >= 4 is 0 Å². The molecular weight excluding hydrogens is 349 g/mol. The van der Waals surface area contributed by atoms with Crippen LogP contribution in [-0.2, 0) is 6.42 Å². The Hall–Kier alpha value is -3.02. The number of aromatic nitrogens is 1. The van der Waals surface area contributed by atoms with Gasteiger partial charge < -0.3 is 14.0 Å². The molecule has 0 amide bonds. The van der Waals surface area contributed by atoms with E-state index in [9.17, 15) is 9.18 Å². The summed E-state index contributed by atoms with van der Waals surface area (Å²) in [4.78, 5) is 11.1. The molecule has 3 rings (SSSR count). The first-order chi connectivity index (χ1) is 12.9. The maximum absolute atomic E-state index is 14.4. The Bertz CT molecular complexity index is 961. The van der Waals surface area contributed by atoms with E-state index in [1.807, 2.05) is 45.0 Å². The van der Waals surface area contributed by atoms with Crippen LogP contribution in [0, 0.1) is 5.82 Å². The Morgan fingerprint density at radius 3 is 2.56 bits per heavy atom. The Morgan fingerprint density at radius 2 is 1.89 bits per heavy atom. The van der Waals surface area contributed by atoms with Crippen molar-refractivity contribution in [1.82, 2.24) is 5.16 Å². The molecule has 0 fully saturated rings. The van der Waals surface area contributed by atoms with Crippen LogP contribution in [0.4, 0.5) is 4.39 Å². The molecule has 5 nitrogen and oxygen atoms in total. The highest BCUT2D eigenvalue weighted by atomic mass is 19.1. The van der Waals surface area contributed by atoms with E-state index < -0.39 is 5.82 Å². The average Bonchev–Trinajstić information content (AvgIpc) is 3.03. The van der Waals surface area contributed by atoms with Gasteiger partial charge in [0.25, 0.3) is 5.56 Å². The average molecular weight is 371 g/mol. The molecular formula is C21H22FNO4. The van der Waals surface area contributed by atoms with Crippen molar-refractivity contribution in [2.24, 2.45) is 0 Å². The zero-order valence-electron chi connectivity index (χ0n) is 15.5. The third kappa shape index (κ3) is 5.00. The van der Waals surface area contributed by atoms with Crippen LogP contribution in [0.15, 0.2) is 57.8 Å². The van der Waals surface area contributed by atoms with Gasteiger partial charge in [0, 0.05) is 12.0 Å². The van der Waals surface area contributed by atoms with E-state index in [0.717, 1.165) is 11.3 Å². The second kappa shape index (κ2) is 8.12. The lowest BCUT2D eigenvalue weighted by molar-refractivity contribution is 0.211. The van der Waals surface area contributed by atoms with Gasteiger partial charge in [-0.3, -0.25) is 4.79 Å². The second-order valence-electron chi connectivity index (χ2n) is 6.67. The monoisotopic (exact) mass is 371 g/mol. The van der Waals surface area contributed by atoms with Gasteiger partial charge in [-0.1, -0.05) is 12.1 Å². The highest BCUT2D eigenvalue weighted by Crippen LogP contribution is 2.26. The van der Waals surface area contributed by atoms with E-state index in [1.165, 1.54) is 18.2 Å². The number of halogens is 1. The fourth-order valence-electron chi connectivity index (χ4n) is 2.78. The van der Waals surface area contributed by atoms with Crippen LogP contribution in [-0.4, -0.2) is 17.4 Å². The van der Waals surface area contributed by atoms with Gasteiger partial charge in [0.1, 0.15) is 11.9 Å². The minimum Gasteiger partial charge on any atom is -0.491 e. The highest BCUT2D eigenvalue weighted by molar-refractivity contribution is 5.58. The molecule has 1 N–H and O–H groups in total. The molecule has 3 aromatic rings. The molecule has 0 saturated carbocycles. The molecule has 0 saturated heterocycles. The van der Waals surface area contributed by atoms with Crippen LogP contribution in [0.3, 0.4) is 0 Å². The maximum atomic E-state index is 14.4. The second-order valence-corrected chi connectivity index (χ2v) is 6.67. The maximum Gasteiger partial charge on any atom is 0.280 e. The fourth-order valence-corrected chi connectivity index (χ4v) is 2.78. The predicted octanol–water partition coefficient (Wildman–Crippen LogP) is 4.57. The number of H-pyrrole nitrogens is 1. The van der Waals surface area contributed by atoms with Crippen molar-refractivity contribution in [1.29, 1.82) is 0 Å². The molecule has 1 atom stereocenters. The highest BCUT2D eigenvalue weighted by Gasteiger charge is 2.13. The molecule has 0 aliphatic heterocycles. The van der Waals surface area contributed by atoms with Gasteiger partial charge in [-0.05, 0) is 56.7 Å². The summed E-state index contributed by atoms with van der Waals surface area (Å²) in [5, 5.41) is 2.18. The van der Waals surface area contributed by atoms with Crippen LogP contribution in [0.5, 0.6) is 11.5 Å². The Labute approximate surface area is 156 Å². The van der Waals surface area contributed by atoms with Gasteiger partial charge in [0.15, 0.2) is 17.3 Å². The van der Waals surface area contributed by atoms with Crippen molar-refractivity contribution in [2.45, 2.75) is 39.4 Å². The van der Waals surface area contributed by atoms with E-state index >= 15 is 0 Å². The zero-order chi connectivity index (χ0) is 19.4.